The molecule has 0 saturated carbocycles. The molecule has 0 aliphatic carbocycles. The van der Waals surface area contributed by atoms with E-state index in [4.69, 9.17) is 16.3 Å². The fourth-order valence-electron chi connectivity index (χ4n) is 2.19. The van der Waals surface area contributed by atoms with Crippen LogP contribution in [0.4, 0.5) is 5.82 Å². The van der Waals surface area contributed by atoms with Crippen LogP contribution in [-0.2, 0) is 4.74 Å². The summed E-state index contributed by atoms with van der Waals surface area (Å²) in [6, 6.07) is 7.57. The van der Waals surface area contributed by atoms with Crippen molar-refractivity contribution in [3.63, 3.8) is 0 Å². The second kappa shape index (κ2) is 5.73. The number of aromatic nitrogens is 3. The largest absolute Gasteiger partial charge is 0.378 e. The van der Waals surface area contributed by atoms with Crippen LogP contribution in [0.3, 0.4) is 0 Å². The van der Waals surface area contributed by atoms with Gasteiger partial charge >= 0.3 is 0 Å². The molecule has 0 unspecified atom stereocenters. The van der Waals surface area contributed by atoms with Gasteiger partial charge in [0.25, 0.3) is 0 Å². The van der Waals surface area contributed by atoms with Crippen LogP contribution in [0.1, 0.15) is 5.82 Å². The summed E-state index contributed by atoms with van der Waals surface area (Å²) >= 11 is 5.93. The molecule has 1 aliphatic heterocycles. The lowest BCUT2D eigenvalue weighted by molar-refractivity contribution is 0.122. The zero-order valence-corrected chi connectivity index (χ0v) is 12.0. The molecule has 0 amide bonds. The van der Waals surface area contributed by atoms with Gasteiger partial charge in [-0.1, -0.05) is 23.7 Å². The number of anilines is 1. The van der Waals surface area contributed by atoms with Crippen molar-refractivity contribution in [1.29, 1.82) is 0 Å². The number of rotatable bonds is 2. The van der Waals surface area contributed by atoms with Gasteiger partial charge in [0.1, 0.15) is 11.5 Å². The molecule has 2 aromatic rings. The predicted octanol–water partition coefficient (Wildman–Crippen LogP) is 2.34. The molecule has 0 atom stereocenters. The third-order valence-electron chi connectivity index (χ3n) is 3.20. The minimum absolute atomic E-state index is 0.671. The Morgan fingerprint density at radius 1 is 1.10 bits per heavy atom. The van der Waals surface area contributed by atoms with Gasteiger partial charge < -0.3 is 9.64 Å². The molecule has 2 heterocycles. The van der Waals surface area contributed by atoms with Gasteiger partial charge in [-0.2, -0.15) is 0 Å². The third kappa shape index (κ3) is 2.73. The van der Waals surface area contributed by atoms with Gasteiger partial charge in [-0.15, -0.1) is 10.2 Å². The highest BCUT2D eigenvalue weighted by atomic mass is 35.5. The number of nitrogens with zero attached hydrogens (tertiary/aromatic N) is 4. The molecule has 0 radical (unpaired) electrons. The number of aryl methyl sites for hydroxylation is 1. The highest BCUT2D eigenvalue weighted by Crippen LogP contribution is 2.28. The van der Waals surface area contributed by atoms with Crippen LogP contribution < -0.4 is 4.90 Å². The highest BCUT2D eigenvalue weighted by molar-refractivity contribution is 6.30. The average molecular weight is 291 g/mol. The summed E-state index contributed by atoms with van der Waals surface area (Å²) in [4.78, 5) is 6.75. The minimum Gasteiger partial charge on any atom is -0.378 e. The standard InChI is InChI=1S/C14H15ClN4O/c1-10-16-14(19-6-8-20-9-7-19)13(18-17-10)11-2-4-12(15)5-3-11/h2-5H,6-9H2,1H3. The van der Waals surface area contributed by atoms with Crippen molar-refractivity contribution < 1.29 is 4.74 Å². The number of halogens is 1. The molecule has 1 saturated heterocycles. The van der Waals surface area contributed by atoms with Crippen LogP contribution in [0.25, 0.3) is 11.3 Å². The van der Waals surface area contributed by atoms with E-state index in [0.29, 0.717) is 24.1 Å². The number of hydrogen-bond donors (Lipinski definition) is 0. The smallest absolute Gasteiger partial charge is 0.159 e. The van der Waals surface area contributed by atoms with E-state index >= 15 is 0 Å². The lowest BCUT2D eigenvalue weighted by Gasteiger charge is -2.28. The maximum atomic E-state index is 5.93. The van der Waals surface area contributed by atoms with Crippen LogP contribution in [0.5, 0.6) is 0 Å². The number of ether oxygens (including phenoxy) is 1. The lowest BCUT2D eigenvalue weighted by atomic mass is 10.1. The zero-order chi connectivity index (χ0) is 13.9. The van der Waals surface area contributed by atoms with E-state index in [1.807, 2.05) is 31.2 Å². The van der Waals surface area contributed by atoms with E-state index in [2.05, 4.69) is 20.1 Å². The van der Waals surface area contributed by atoms with E-state index in [1.54, 1.807) is 0 Å². The van der Waals surface area contributed by atoms with Crippen molar-refractivity contribution in [2.24, 2.45) is 0 Å². The van der Waals surface area contributed by atoms with Crippen LogP contribution >= 0.6 is 11.6 Å². The normalized spacial score (nSPS) is 15.4. The molecule has 6 heteroatoms. The Labute approximate surface area is 122 Å². The Hall–Kier alpha value is -1.72. The molecule has 3 rings (SSSR count). The monoisotopic (exact) mass is 290 g/mol. The minimum atomic E-state index is 0.671. The second-order valence-corrected chi connectivity index (χ2v) is 5.07. The van der Waals surface area contributed by atoms with Gasteiger partial charge in [0.2, 0.25) is 0 Å². The lowest BCUT2D eigenvalue weighted by Crippen LogP contribution is -2.37. The first-order valence-corrected chi connectivity index (χ1v) is 6.92. The van der Waals surface area contributed by atoms with Crippen LogP contribution in [-0.4, -0.2) is 41.5 Å². The van der Waals surface area contributed by atoms with Crippen molar-refractivity contribution in [2.45, 2.75) is 6.92 Å². The maximum Gasteiger partial charge on any atom is 0.159 e. The average Bonchev–Trinajstić information content (AvgIpc) is 2.49. The number of hydrogen-bond acceptors (Lipinski definition) is 5. The molecule has 20 heavy (non-hydrogen) atoms. The summed E-state index contributed by atoms with van der Waals surface area (Å²) in [5.41, 5.74) is 1.75. The molecule has 0 bridgehead atoms. The quantitative estimate of drug-likeness (QED) is 0.850. The Kier molecular flexibility index (Phi) is 3.80. The summed E-state index contributed by atoms with van der Waals surface area (Å²) in [6.45, 7) is 4.91. The fourth-order valence-corrected chi connectivity index (χ4v) is 2.31. The molecular formula is C14H15ClN4O. The molecule has 5 nitrogen and oxygen atoms in total. The van der Waals surface area contributed by atoms with Gasteiger partial charge in [-0.25, -0.2) is 4.98 Å². The van der Waals surface area contributed by atoms with E-state index in [0.717, 1.165) is 30.2 Å². The Balaban J connectivity index is 2.03. The molecule has 1 aromatic carbocycles. The molecule has 1 aliphatic rings. The molecule has 1 aromatic heterocycles. The van der Waals surface area contributed by atoms with Gasteiger partial charge in [-0.3, -0.25) is 0 Å². The predicted molar refractivity (Wildman–Crippen MR) is 78.0 cm³/mol. The van der Waals surface area contributed by atoms with E-state index in [1.165, 1.54) is 0 Å². The van der Waals surface area contributed by atoms with Crippen molar-refractivity contribution in [3.8, 4) is 11.3 Å². The Morgan fingerprint density at radius 2 is 1.80 bits per heavy atom. The van der Waals surface area contributed by atoms with Crippen LogP contribution in [0, 0.1) is 6.92 Å². The SMILES string of the molecule is Cc1nnc(-c2ccc(Cl)cc2)c(N2CCOCC2)n1. The van der Waals surface area contributed by atoms with Gasteiger partial charge in [0.05, 0.1) is 13.2 Å². The van der Waals surface area contributed by atoms with Gasteiger partial charge in [-0.05, 0) is 19.1 Å². The van der Waals surface area contributed by atoms with Crippen molar-refractivity contribution in [3.05, 3.63) is 35.1 Å². The first kappa shape index (κ1) is 13.3. The molecule has 104 valence electrons. The Bertz CT molecular complexity index is 597. The van der Waals surface area contributed by atoms with Crippen LogP contribution in [0.15, 0.2) is 24.3 Å². The summed E-state index contributed by atoms with van der Waals surface area (Å²) in [5, 5.41) is 9.10. The molecular weight excluding hydrogens is 276 g/mol. The summed E-state index contributed by atoms with van der Waals surface area (Å²) < 4.78 is 5.39. The van der Waals surface area contributed by atoms with Gasteiger partial charge in [0, 0.05) is 23.7 Å². The molecule has 0 N–H and O–H groups in total. The fraction of sp³-hybridized carbons (Fsp3) is 0.357. The first-order valence-electron chi connectivity index (χ1n) is 6.54. The highest BCUT2D eigenvalue weighted by Gasteiger charge is 2.19. The topological polar surface area (TPSA) is 51.1 Å². The third-order valence-corrected chi connectivity index (χ3v) is 3.45. The van der Waals surface area contributed by atoms with Crippen molar-refractivity contribution in [1.82, 2.24) is 15.2 Å². The van der Waals surface area contributed by atoms with E-state index < -0.39 is 0 Å². The molecule has 1 fully saturated rings. The number of benzene rings is 1. The molecule has 0 spiro atoms. The van der Waals surface area contributed by atoms with E-state index in [-0.39, 0.29) is 0 Å². The maximum absolute atomic E-state index is 5.93. The number of morpholine rings is 1. The summed E-state index contributed by atoms with van der Waals surface area (Å²) in [5.74, 6) is 1.53. The Morgan fingerprint density at radius 3 is 2.50 bits per heavy atom. The first-order chi connectivity index (χ1) is 9.74. The van der Waals surface area contributed by atoms with Crippen molar-refractivity contribution in [2.75, 3.05) is 31.2 Å². The van der Waals surface area contributed by atoms with Crippen molar-refractivity contribution >= 4 is 17.4 Å². The summed E-state index contributed by atoms with van der Waals surface area (Å²) in [7, 11) is 0. The zero-order valence-electron chi connectivity index (χ0n) is 11.2. The second-order valence-electron chi connectivity index (χ2n) is 4.64. The van der Waals surface area contributed by atoms with Crippen LogP contribution in [0.2, 0.25) is 5.02 Å². The summed E-state index contributed by atoms with van der Waals surface area (Å²) in [6.07, 6.45) is 0. The van der Waals surface area contributed by atoms with E-state index in [9.17, 15) is 0 Å². The van der Waals surface area contributed by atoms with Gasteiger partial charge in [0.15, 0.2) is 5.82 Å².